The predicted molar refractivity (Wildman–Crippen MR) is 83.8 cm³/mol. The highest BCUT2D eigenvalue weighted by atomic mass is 32.1. The van der Waals surface area contributed by atoms with Gasteiger partial charge in [0.05, 0.1) is 0 Å². The molecule has 0 fully saturated rings. The van der Waals surface area contributed by atoms with E-state index in [1.807, 2.05) is 5.32 Å². The van der Waals surface area contributed by atoms with Gasteiger partial charge in [-0.2, -0.15) is 13.2 Å². The highest BCUT2D eigenvalue weighted by Crippen LogP contribution is 2.37. The maximum absolute atomic E-state index is 13.7. The van der Waals surface area contributed by atoms with Gasteiger partial charge in [-0.3, -0.25) is 0 Å². The molecule has 0 bridgehead atoms. The lowest BCUT2D eigenvalue weighted by Gasteiger charge is -2.44. The Hall–Kier alpha value is -2.16. The van der Waals surface area contributed by atoms with Crippen LogP contribution in [0.3, 0.4) is 0 Å². The summed E-state index contributed by atoms with van der Waals surface area (Å²) in [5.74, 6) is -1.63. The number of benzene rings is 1. The summed E-state index contributed by atoms with van der Waals surface area (Å²) >= 11 is 4.55. The molecule has 0 saturated carbocycles. The Bertz CT molecular complexity index is 666. The molecule has 1 unspecified atom stereocenters. The van der Waals surface area contributed by atoms with Crippen molar-refractivity contribution in [2.75, 3.05) is 6.54 Å². The van der Waals surface area contributed by atoms with Gasteiger partial charge < -0.3 is 16.0 Å². The van der Waals surface area contributed by atoms with E-state index < -0.39 is 28.6 Å². The fraction of sp³-hybridized carbons (Fsp3) is 0.267. The second-order valence-corrected chi connectivity index (χ2v) is 5.54. The highest BCUT2D eigenvalue weighted by molar-refractivity contribution is 7.80. The monoisotopic (exact) mass is 363 g/mol. The van der Waals surface area contributed by atoms with Gasteiger partial charge in [0, 0.05) is 18.3 Å². The first kappa shape index (κ1) is 18.2. The van der Waals surface area contributed by atoms with Gasteiger partial charge in [0.25, 0.3) is 0 Å². The lowest BCUT2D eigenvalue weighted by Crippen LogP contribution is -2.68. The Kier molecular flexibility index (Phi) is 5.12. The molecule has 0 aliphatic carbocycles. The summed E-state index contributed by atoms with van der Waals surface area (Å²) in [6.45, 7) is -0.312. The molecule has 1 heterocycles. The summed E-state index contributed by atoms with van der Waals surface area (Å²) < 4.78 is 68.3. The molecule has 24 heavy (non-hydrogen) atoms. The largest absolute Gasteiger partial charge is 0.434 e. The first-order chi connectivity index (χ1) is 11.2. The molecule has 0 spiro atoms. The number of allylic oxidation sites excluding steroid dienone is 2. The van der Waals surface area contributed by atoms with Crippen LogP contribution in [0.15, 0.2) is 42.6 Å². The van der Waals surface area contributed by atoms with Crippen LogP contribution in [-0.2, 0) is 6.42 Å². The third-order valence-corrected chi connectivity index (χ3v) is 3.68. The van der Waals surface area contributed by atoms with Crippen molar-refractivity contribution in [1.82, 2.24) is 10.2 Å². The summed E-state index contributed by atoms with van der Waals surface area (Å²) in [4.78, 5) is 0.859. The van der Waals surface area contributed by atoms with Gasteiger partial charge in [0.1, 0.15) is 11.6 Å². The average molecular weight is 363 g/mol. The van der Waals surface area contributed by atoms with E-state index in [-0.39, 0.29) is 18.5 Å². The zero-order valence-corrected chi connectivity index (χ0v) is 13.1. The number of nitrogens with one attached hydrogen (secondary N) is 1. The molecule has 2 rings (SSSR count). The van der Waals surface area contributed by atoms with E-state index in [1.165, 1.54) is 18.2 Å². The molecule has 0 amide bonds. The standard InChI is InChI=1S/C15H14F5N3S/c16-11-4-3-5-12(17)10(11)6-9-23-8-2-1-7-14(23,15(18,19)20)22-13(21)24/h1-5,7-8H,6,9H2,(H3,21,22,24). The Labute approximate surface area is 140 Å². The molecule has 1 atom stereocenters. The minimum Gasteiger partial charge on any atom is -0.376 e. The zero-order chi connectivity index (χ0) is 18.0. The SMILES string of the molecule is NC(=S)NC1(C(F)(F)F)C=CC=CN1CCc1c(F)cccc1F. The molecule has 1 aliphatic rings. The smallest absolute Gasteiger partial charge is 0.376 e. The van der Waals surface area contributed by atoms with Crippen LogP contribution in [0.25, 0.3) is 0 Å². The Morgan fingerprint density at radius 1 is 1.21 bits per heavy atom. The molecule has 3 N–H and O–H groups in total. The lowest BCUT2D eigenvalue weighted by molar-refractivity contribution is -0.213. The number of hydrogen-bond acceptors (Lipinski definition) is 2. The molecular formula is C15H14F5N3S. The van der Waals surface area contributed by atoms with Gasteiger partial charge in [0.2, 0.25) is 5.66 Å². The Morgan fingerprint density at radius 3 is 2.38 bits per heavy atom. The first-order valence-electron chi connectivity index (χ1n) is 6.87. The third-order valence-electron chi connectivity index (χ3n) is 3.58. The summed E-state index contributed by atoms with van der Waals surface area (Å²) in [5.41, 5.74) is 2.28. The predicted octanol–water partition coefficient (Wildman–Crippen LogP) is 2.98. The molecule has 0 radical (unpaired) electrons. The lowest BCUT2D eigenvalue weighted by atomic mass is 10.0. The number of thiocarbonyl (C=S) groups is 1. The molecule has 1 aromatic carbocycles. The van der Waals surface area contributed by atoms with Crippen molar-refractivity contribution in [1.29, 1.82) is 0 Å². The van der Waals surface area contributed by atoms with Gasteiger partial charge in [-0.1, -0.05) is 12.1 Å². The second-order valence-electron chi connectivity index (χ2n) is 5.10. The normalized spacial score (nSPS) is 20.3. The van der Waals surface area contributed by atoms with Crippen LogP contribution in [0.5, 0.6) is 0 Å². The van der Waals surface area contributed by atoms with Crippen LogP contribution in [-0.4, -0.2) is 28.4 Å². The van der Waals surface area contributed by atoms with E-state index in [1.54, 1.807) is 0 Å². The van der Waals surface area contributed by atoms with Gasteiger partial charge in [-0.05, 0) is 42.9 Å². The maximum atomic E-state index is 13.7. The third kappa shape index (κ3) is 3.50. The van der Waals surface area contributed by atoms with E-state index >= 15 is 0 Å². The summed E-state index contributed by atoms with van der Waals surface area (Å²) in [7, 11) is 0. The molecule has 0 saturated heterocycles. The fourth-order valence-corrected chi connectivity index (χ4v) is 2.60. The summed E-state index contributed by atoms with van der Waals surface area (Å²) in [6.07, 6.45) is -0.456. The number of alkyl halides is 3. The number of rotatable bonds is 4. The van der Waals surface area contributed by atoms with E-state index in [4.69, 9.17) is 5.73 Å². The van der Waals surface area contributed by atoms with Crippen LogP contribution in [0.2, 0.25) is 0 Å². The van der Waals surface area contributed by atoms with Crippen LogP contribution < -0.4 is 11.1 Å². The summed E-state index contributed by atoms with van der Waals surface area (Å²) in [5, 5.41) is 1.49. The van der Waals surface area contributed by atoms with Crippen molar-refractivity contribution in [2.24, 2.45) is 5.73 Å². The van der Waals surface area contributed by atoms with Crippen LogP contribution in [0.4, 0.5) is 22.0 Å². The van der Waals surface area contributed by atoms with Crippen LogP contribution in [0, 0.1) is 11.6 Å². The van der Waals surface area contributed by atoms with Crippen molar-refractivity contribution in [2.45, 2.75) is 18.3 Å². The van der Waals surface area contributed by atoms with Crippen molar-refractivity contribution in [3.8, 4) is 0 Å². The molecule has 1 aromatic rings. The van der Waals surface area contributed by atoms with Crippen LogP contribution >= 0.6 is 12.2 Å². The topological polar surface area (TPSA) is 41.3 Å². The molecule has 3 nitrogen and oxygen atoms in total. The average Bonchev–Trinajstić information content (AvgIpc) is 2.46. The van der Waals surface area contributed by atoms with E-state index in [0.717, 1.165) is 29.3 Å². The van der Waals surface area contributed by atoms with Crippen molar-refractivity contribution in [3.05, 3.63) is 59.8 Å². The van der Waals surface area contributed by atoms with Crippen molar-refractivity contribution < 1.29 is 22.0 Å². The van der Waals surface area contributed by atoms with E-state index in [2.05, 4.69) is 12.2 Å². The van der Waals surface area contributed by atoms with Crippen LogP contribution in [0.1, 0.15) is 5.56 Å². The zero-order valence-electron chi connectivity index (χ0n) is 12.3. The second kappa shape index (κ2) is 6.76. The van der Waals surface area contributed by atoms with Gasteiger partial charge in [-0.25, -0.2) is 8.78 Å². The maximum Gasteiger partial charge on any atom is 0.434 e. The molecule has 9 heteroatoms. The van der Waals surface area contributed by atoms with Gasteiger partial charge in [0.15, 0.2) is 5.11 Å². The molecule has 0 aromatic heterocycles. The minimum atomic E-state index is -4.77. The molecule has 130 valence electrons. The quantitative estimate of drug-likeness (QED) is 0.638. The van der Waals surface area contributed by atoms with E-state index in [0.29, 0.717) is 0 Å². The van der Waals surface area contributed by atoms with Crippen molar-refractivity contribution >= 4 is 17.3 Å². The van der Waals surface area contributed by atoms with E-state index in [9.17, 15) is 22.0 Å². The number of halogens is 5. The first-order valence-corrected chi connectivity index (χ1v) is 7.28. The summed E-state index contributed by atoms with van der Waals surface area (Å²) in [6, 6.07) is 3.29. The van der Waals surface area contributed by atoms with Gasteiger partial charge >= 0.3 is 6.18 Å². The Morgan fingerprint density at radius 2 is 1.83 bits per heavy atom. The molecule has 1 aliphatic heterocycles. The number of nitrogens with zero attached hydrogens (tertiary/aromatic N) is 1. The highest BCUT2D eigenvalue weighted by Gasteiger charge is 2.57. The number of nitrogens with two attached hydrogens (primary N) is 1. The fourth-order valence-electron chi connectivity index (χ4n) is 2.45. The minimum absolute atomic E-state index is 0.270. The molecular weight excluding hydrogens is 349 g/mol. The number of hydrogen-bond donors (Lipinski definition) is 2. The van der Waals surface area contributed by atoms with Gasteiger partial charge in [-0.15, -0.1) is 0 Å². The van der Waals surface area contributed by atoms with Crippen molar-refractivity contribution in [3.63, 3.8) is 0 Å². The Balaban J connectivity index is 2.30.